The number of aryl methyl sites for hydroxylation is 1. The summed E-state index contributed by atoms with van der Waals surface area (Å²) >= 11 is 0. The number of hydrogen-bond donors (Lipinski definition) is 1. The summed E-state index contributed by atoms with van der Waals surface area (Å²) in [5.74, 6) is 0. The van der Waals surface area contributed by atoms with Crippen LogP contribution >= 0.6 is 0 Å². The molecule has 0 saturated heterocycles. The molecule has 0 spiro atoms. The highest BCUT2D eigenvalue weighted by Crippen LogP contribution is 2.24. The maximum atomic E-state index is 12.6. The second kappa shape index (κ2) is 4.80. The Balaban J connectivity index is 3.26. The van der Waals surface area contributed by atoms with Gasteiger partial charge in [-0.15, -0.1) is 0 Å². The van der Waals surface area contributed by atoms with Crippen molar-refractivity contribution in [2.24, 2.45) is 5.73 Å². The number of nitrogens with two attached hydrogens (primary N) is 1. The lowest BCUT2D eigenvalue weighted by Crippen LogP contribution is -2.08. The summed E-state index contributed by atoms with van der Waals surface area (Å²) in [4.78, 5) is 3.97. The average Bonchev–Trinajstić information content (AvgIpc) is 2.20. The minimum atomic E-state index is -2.61. The normalized spacial score (nSPS) is 10.4. The number of nitrogens with zero attached hydrogens (tertiary/aromatic N) is 2. The zero-order chi connectivity index (χ0) is 11.4. The molecule has 0 aliphatic carbocycles. The van der Waals surface area contributed by atoms with E-state index in [0.29, 0.717) is 11.3 Å². The van der Waals surface area contributed by atoms with Crippen LogP contribution in [0, 0.1) is 18.3 Å². The molecule has 0 bridgehead atoms. The SMILES string of the molecule is Cc1cc(C(F)F)c(CC#N)nc1CN. The van der Waals surface area contributed by atoms with Crippen molar-refractivity contribution in [3.63, 3.8) is 0 Å². The van der Waals surface area contributed by atoms with Gasteiger partial charge < -0.3 is 5.73 Å². The van der Waals surface area contributed by atoms with Crippen molar-refractivity contribution in [1.82, 2.24) is 4.98 Å². The molecule has 0 aliphatic rings. The van der Waals surface area contributed by atoms with E-state index in [0.717, 1.165) is 0 Å². The first-order chi connectivity index (χ1) is 7.10. The highest BCUT2D eigenvalue weighted by Gasteiger charge is 2.16. The molecule has 1 aromatic heterocycles. The first-order valence-corrected chi connectivity index (χ1v) is 4.44. The number of aromatic nitrogens is 1. The van der Waals surface area contributed by atoms with Gasteiger partial charge in [0.15, 0.2) is 0 Å². The number of pyridine rings is 1. The second-order valence-electron chi connectivity index (χ2n) is 3.13. The first kappa shape index (κ1) is 11.5. The molecule has 0 aliphatic heterocycles. The van der Waals surface area contributed by atoms with Crippen LogP contribution < -0.4 is 5.73 Å². The molecular weight excluding hydrogens is 200 g/mol. The lowest BCUT2D eigenvalue weighted by Gasteiger charge is -2.10. The van der Waals surface area contributed by atoms with E-state index in [4.69, 9.17) is 11.0 Å². The van der Waals surface area contributed by atoms with Gasteiger partial charge in [0.25, 0.3) is 6.43 Å². The third kappa shape index (κ3) is 2.48. The highest BCUT2D eigenvalue weighted by molar-refractivity contribution is 5.32. The van der Waals surface area contributed by atoms with Crippen LogP contribution in [0.4, 0.5) is 8.78 Å². The summed E-state index contributed by atoms with van der Waals surface area (Å²) in [5.41, 5.74) is 6.55. The van der Waals surface area contributed by atoms with Crippen LogP contribution in [0.1, 0.15) is 28.9 Å². The van der Waals surface area contributed by atoms with Crippen molar-refractivity contribution in [3.05, 3.63) is 28.6 Å². The molecule has 0 fully saturated rings. The fraction of sp³-hybridized carbons (Fsp3) is 0.400. The molecule has 3 nitrogen and oxygen atoms in total. The van der Waals surface area contributed by atoms with E-state index >= 15 is 0 Å². The van der Waals surface area contributed by atoms with E-state index < -0.39 is 6.43 Å². The van der Waals surface area contributed by atoms with Crippen molar-refractivity contribution < 1.29 is 8.78 Å². The van der Waals surface area contributed by atoms with E-state index in [1.54, 1.807) is 6.92 Å². The maximum Gasteiger partial charge on any atom is 0.265 e. The third-order valence-corrected chi connectivity index (χ3v) is 2.11. The largest absolute Gasteiger partial charge is 0.325 e. The van der Waals surface area contributed by atoms with Crippen LogP contribution in [0.3, 0.4) is 0 Å². The zero-order valence-corrected chi connectivity index (χ0v) is 8.30. The van der Waals surface area contributed by atoms with Crippen LogP contribution in [-0.4, -0.2) is 4.98 Å². The molecule has 0 radical (unpaired) electrons. The summed E-state index contributed by atoms with van der Waals surface area (Å²) in [6.45, 7) is 1.87. The molecule has 2 N–H and O–H groups in total. The Morgan fingerprint density at radius 3 is 2.67 bits per heavy atom. The van der Waals surface area contributed by atoms with Gasteiger partial charge in [0.05, 0.1) is 23.9 Å². The quantitative estimate of drug-likeness (QED) is 0.829. The van der Waals surface area contributed by atoms with Crippen LogP contribution in [0.2, 0.25) is 0 Å². The topological polar surface area (TPSA) is 62.7 Å². The molecule has 5 heteroatoms. The standard InChI is InChI=1S/C10H11F2N3/c1-6-4-7(10(11)12)8(2-3-13)15-9(6)5-14/h4,10H,2,5,14H2,1H3. The van der Waals surface area contributed by atoms with Gasteiger partial charge in [-0.1, -0.05) is 0 Å². The first-order valence-electron chi connectivity index (χ1n) is 4.44. The molecule has 0 amide bonds. The molecule has 80 valence electrons. The molecule has 0 atom stereocenters. The average molecular weight is 211 g/mol. The minimum Gasteiger partial charge on any atom is -0.325 e. The van der Waals surface area contributed by atoms with E-state index in [2.05, 4.69) is 4.98 Å². The molecule has 1 heterocycles. The van der Waals surface area contributed by atoms with Gasteiger partial charge in [0.2, 0.25) is 0 Å². The Morgan fingerprint density at radius 1 is 1.53 bits per heavy atom. The van der Waals surface area contributed by atoms with E-state index in [9.17, 15) is 8.78 Å². The summed E-state index contributed by atoms with van der Waals surface area (Å²) in [6.07, 6.45) is -2.72. The number of halogens is 2. The highest BCUT2D eigenvalue weighted by atomic mass is 19.3. The van der Waals surface area contributed by atoms with Crippen LogP contribution in [0.5, 0.6) is 0 Å². The Kier molecular flexibility index (Phi) is 3.69. The smallest absolute Gasteiger partial charge is 0.265 e. The van der Waals surface area contributed by atoms with Crippen molar-refractivity contribution in [1.29, 1.82) is 5.26 Å². The van der Waals surface area contributed by atoms with Gasteiger partial charge in [0, 0.05) is 12.1 Å². The number of alkyl halides is 2. The lowest BCUT2D eigenvalue weighted by molar-refractivity contribution is 0.149. The number of rotatable bonds is 3. The Labute approximate surface area is 86.5 Å². The molecule has 1 aromatic rings. The molecule has 1 rings (SSSR count). The van der Waals surface area contributed by atoms with Gasteiger partial charge in [-0.2, -0.15) is 5.26 Å². The zero-order valence-electron chi connectivity index (χ0n) is 8.30. The molecule has 0 unspecified atom stereocenters. The van der Waals surface area contributed by atoms with Crippen LogP contribution in [-0.2, 0) is 13.0 Å². The molecule has 15 heavy (non-hydrogen) atoms. The van der Waals surface area contributed by atoms with Crippen molar-refractivity contribution in [2.75, 3.05) is 0 Å². The Hall–Kier alpha value is -1.54. The fourth-order valence-electron chi connectivity index (χ4n) is 1.33. The number of hydrogen-bond acceptors (Lipinski definition) is 3. The Bertz CT molecular complexity index is 396. The maximum absolute atomic E-state index is 12.6. The van der Waals surface area contributed by atoms with Gasteiger partial charge in [-0.05, 0) is 18.6 Å². The van der Waals surface area contributed by atoms with Crippen molar-refractivity contribution >= 4 is 0 Å². The summed E-state index contributed by atoms with van der Waals surface area (Å²) in [5, 5.41) is 8.49. The van der Waals surface area contributed by atoms with Crippen LogP contribution in [0.15, 0.2) is 6.07 Å². The lowest BCUT2D eigenvalue weighted by atomic mass is 10.1. The molecule has 0 saturated carbocycles. The monoisotopic (exact) mass is 211 g/mol. The Morgan fingerprint density at radius 2 is 2.20 bits per heavy atom. The van der Waals surface area contributed by atoms with Gasteiger partial charge in [-0.3, -0.25) is 4.98 Å². The predicted molar refractivity (Wildman–Crippen MR) is 51.1 cm³/mol. The van der Waals surface area contributed by atoms with E-state index in [1.165, 1.54) is 6.07 Å². The van der Waals surface area contributed by atoms with Crippen molar-refractivity contribution in [3.8, 4) is 6.07 Å². The second-order valence-corrected chi connectivity index (χ2v) is 3.13. The molecule has 0 aromatic carbocycles. The third-order valence-electron chi connectivity index (χ3n) is 2.11. The van der Waals surface area contributed by atoms with Crippen molar-refractivity contribution in [2.45, 2.75) is 26.3 Å². The fourth-order valence-corrected chi connectivity index (χ4v) is 1.33. The van der Waals surface area contributed by atoms with Gasteiger partial charge in [0.1, 0.15) is 0 Å². The minimum absolute atomic E-state index is 0.118. The van der Waals surface area contributed by atoms with Gasteiger partial charge >= 0.3 is 0 Å². The number of nitriles is 1. The molecular formula is C10H11F2N3. The van der Waals surface area contributed by atoms with E-state index in [-0.39, 0.29) is 24.2 Å². The van der Waals surface area contributed by atoms with E-state index in [1.807, 2.05) is 6.07 Å². The van der Waals surface area contributed by atoms with Crippen LogP contribution in [0.25, 0.3) is 0 Å². The summed E-state index contributed by atoms with van der Waals surface area (Å²) < 4.78 is 25.2. The van der Waals surface area contributed by atoms with Gasteiger partial charge in [-0.25, -0.2) is 8.78 Å². The predicted octanol–water partition coefficient (Wildman–Crippen LogP) is 1.85. The summed E-state index contributed by atoms with van der Waals surface area (Å²) in [6, 6.07) is 3.17. The summed E-state index contributed by atoms with van der Waals surface area (Å²) in [7, 11) is 0.